The van der Waals surface area contributed by atoms with E-state index in [1.54, 1.807) is 29.2 Å². The second kappa shape index (κ2) is 14.4. The molecule has 0 heterocycles. The van der Waals surface area contributed by atoms with E-state index in [1.807, 2.05) is 38.1 Å². The van der Waals surface area contributed by atoms with E-state index < -0.39 is 12.0 Å². The quantitative estimate of drug-likeness (QED) is 0.239. The van der Waals surface area contributed by atoms with Gasteiger partial charge >= 0.3 is 12.0 Å². The highest BCUT2D eigenvalue weighted by Crippen LogP contribution is 2.29. The molecule has 10 heteroatoms. The Hall–Kier alpha value is -4.99. The molecule has 1 atom stereocenters. The summed E-state index contributed by atoms with van der Waals surface area (Å²) >= 11 is 0. The van der Waals surface area contributed by atoms with Gasteiger partial charge in [-0.3, -0.25) is 4.79 Å². The molecular formula is C31H35N3O7. The fourth-order valence-corrected chi connectivity index (χ4v) is 4.10. The summed E-state index contributed by atoms with van der Waals surface area (Å²) in [5, 5.41) is 14.8. The molecule has 3 N–H and O–H groups in total. The fourth-order valence-electron chi connectivity index (χ4n) is 4.10. The van der Waals surface area contributed by atoms with Crippen LogP contribution in [0.3, 0.4) is 0 Å². The number of aryl methyl sites for hydroxylation is 1. The lowest BCUT2D eigenvalue weighted by Crippen LogP contribution is -2.42. The predicted octanol–water partition coefficient (Wildman–Crippen LogP) is 5.38. The molecule has 0 fully saturated rings. The first-order valence-electron chi connectivity index (χ1n) is 12.9. The van der Waals surface area contributed by atoms with Crippen molar-refractivity contribution >= 4 is 29.3 Å². The summed E-state index contributed by atoms with van der Waals surface area (Å²) in [6, 6.07) is 16.2. The standard InChI is InChI=1S/C31H35N3O7/c1-6-15-34(21(3)19-41-26-14-12-23(30(36)37)18-28(26)40-5)29(35)17-22-11-13-25(27(16-22)39-4)33-31(38)32-24-10-8-7-9-20(24)2/h6-14,16,18,21H,1,15,17,19H2,2-5H3,(H,36,37)(H2,32,33,38). The Morgan fingerprint density at radius 3 is 2.32 bits per heavy atom. The van der Waals surface area contributed by atoms with Gasteiger partial charge in [-0.2, -0.15) is 0 Å². The van der Waals surface area contributed by atoms with Crippen molar-refractivity contribution in [3.63, 3.8) is 0 Å². The van der Waals surface area contributed by atoms with Crippen LogP contribution >= 0.6 is 0 Å². The highest BCUT2D eigenvalue weighted by molar-refractivity contribution is 6.01. The minimum absolute atomic E-state index is 0.0780. The van der Waals surface area contributed by atoms with Crippen molar-refractivity contribution in [3.05, 3.63) is 90.0 Å². The van der Waals surface area contributed by atoms with Gasteiger partial charge < -0.3 is 34.9 Å². The summed E-state index contributed by atoms with van der Waals surface area (Å²) < 4.78 is 16.6. The van der Waals surface area contributed by atoms with Gasteiger partial charge in [0.15, 0.2) is 11.5 Å². The molecular weight excluding hydrogens is 526 g/mol. The summed E-state index contributed by atoms with van der Waals surface area (Å²) in [6.45, 7) is 7.96. The number of aromatic carboxylic acids is 1. The zero-order chi connectivity index (χ0) is 29.9. The lowest BCUT2D eigenvalue weighted by atomic mass is 10.1. The number of para-hydroxylation sites is 1. The minimum atomic E-state index is -1.07. The van der Waals surface area contributed by atoms with Crippen LogP contribution in [0.4, 0.5) is 16.2 Å². The van der Waals surface area contributed by atoms with Gasteiger partial charge in [0.05, 0.1) is 37.9 Å². The van der Waals surface area contributed by atoms with Crippen molar-refractivity contribution in [2.75, 3.05) is 38.0 Å². The molecule has 0 aromatic heterocycles. The highest BCUT2D eigenvalue weighted by atomic mass is 16.5. The number of carboxylic acid groups (broad SMARTS) is 1. The van der Waals surface area contributed by atoms with E-state index in [2.05, 4.69) is 17.2 Å². The molecule has 41 heavy (non-hydrogen) atoms. The average molecular weight is 562 g/mol. The number of anilines is 2. The Kier molecular flexibility index (Phi) is 10.7. The number of carbonyl (C=O) groups is 3. The molecule has 3 aromatic rings. The Morgan fingerprint density at radius 2 is 1.66 bits per heavy atom. The van der Waals surface area contributed by atoms with Crippen molar-refractivity contribution < 1.29 is 33.7 Å². The Morgan fingerprint density at radius 1 is 0.951 bits per heavy atom. The number of amides is 3. The van der Waals surface area contributed by atoms with Gasteiger partial charge in [-0.05, 0) is 61.4 Å². The highest BCUT2D eigenvalue weighted by Gasteiger charge is 2.21. The van der Waals surface area contributed by atoms with E-state index in [9.17, 15) is 19.5 Å². The van der Waals surface area contributed by atoms with Crippen LogP contribution in [-0.2, 0) is 11.2 Å². The molecule has 0 radical (unpaired) electrons. The molecule has 0 bridgehead atoms. The van der Waals surface area contributed by atoms with Crippen molar-refractivity contribution in [1.29, 1.82) is 0 Å². The summed E-state index contributed by atoms with van der Waals surface area (Å²) in [6.07, 6.45) is 1.72. The maximum Gasteiger partial charge on any atom is 0.335 e. The van der Waals surface area contributed by atoms with Gasteiger partial charge in [0.25, 0.3) is 0 Å². The van der Waals surface area contributed by atoms with Crippen LogP contribution in [0.1, 0.15) is 28.4 Å². The summed E-state index contributed by atoms with van der Waals surface area (Å²) in [4.78, 5) is 38.7. The third-order valence-corrected chi connectivity index (χ3v) is 6.33. The van der Waals surface area contributed by atoms with Crippen LogP contribution in [0.25, 0.3) is 0 Å². The van der Waals surface area contributed by atoms with Gasteiger partial charge in [-0.1, -0.05) is 30.3 Å². The molecule has 0 spiro atoms. The molecule has 0 aliphatic rings. The van der Waals surface area contributed by atoms with Gasteiger partial charge in [-0.25, -0.2) is 9.59 Å². The number of hydrogen-bond donors (Lipinski definition) is 3. The van der Waals surface area contributed by atoms with Crippen molar-refractivity contribution in [1.82, 2.24) is 4.90 Å². The monoisotopic (exact) mass is 561 g/mol. The third kappa shape index (κ3) is 8.25. The van der Waals surface area contributed by atoms with Gasteiger partial charge in [-0.15, -0.1) is 6.58 Å². The zero-order valence-corrected chi connectivity index (χ0v) is 23.6. The summed E-state index contributed by atoms with van der Waals surface area (Å²) in [7, 11) is 2.92. The SMILES string of the molecule is C=CCN(C(=O)Cc1ccc(NC(=O)Nc2ccccc2C)c(OC)c1)C(C)COc1ccc(C(=O)O)cc1OC. The number of rotatable bonds is 13. The van der Waals surface area contributed by atoms with E-state index in [0.717, 1.165) is 5.56 Å². The van der Waals surface area contributed by atoms with Gasteiger partial charge in [0, 0.05) is 12.2 Å². The second-order valence-electron chi connectivity index (χ2n) is 9.27. The molecule has 216 valence electrons. The molecule has 3 aromatic carbocycles. The number of urea groups is 1. The van der Waals surface area contributed by atoms with Crippen LogP contribution < -0.4 is 24.8 Å². The van der Waals surface area contributed by atoms with Crippen LogP contribution in [0.2, 0.25) is 0 Å². The number of carboxylic acids is 1. The molecule has 3 amide bonds. The second-order valence-corrected chi connectivity index (χ2v) is 9.27. The van der Waals surface area contributed by atoms with E-state index in [0.29, 0.717) is 35.0 Å². The number of nitrogens with one attached hydrogen (secondary N) is 2. The van der Waals surface area contributed by atoms with Gasteiger partial charge in [0.1, 0.15) is 12.4 Å². The maximum absolute atomic E-state index is 13.3. The minimum Gasteiger partial charge on any atom is -0.495 e. The number of methoxy groups -OCH3 is 2. The smallest absolute Gasteiger partial charge is 0.335 e. The third-order valence-electron chi connectivity index (χ3n) is 6.33. The normalized spacial score (nSPS) is 11.1. The number of ether oxygens (including phenoxy) is 3. The van der Waals surface area contributed by atoms with Crippen LogP contribution in [0.5, 0.6) is 17.2 Å². The molecule has 0 aliphatic carbocycles. The number of carbonyl (C=O) groups excluding carboxylic acids is 2. The first-order chi connectivity index (χ1) is 19.7. The number of hydrogen-bond acceptors (Lipinski definition) is 6. The molecule has 0 aliphatic heterocycles. The van der Waals surface area contributed by atoms with E-state index in [4.69, 9.17) is 14.2 Å². The Balaban J connectivity index is 1.66. The number of nitrogens with zero attached hydrogens (tertiary/aromatic N) is 1. The summed E-state index contributed by atoms with van der Waals surface area (Å²) in [5.74, 6) is -0.160. The molecule has 10 nitrogen and oxygen atoms in total. The topological polar surface area (TPSA) is 126 Å². The van der Waals surface area contributed by atoms with Crippen molar-refractivity contribution in [3.8, 4) is 17.2 Å². The Labute approximate surface area is 239 Å². The average Bonchev–Trinajstić information content (AvgIpc) is 2.96. The van der Waals surface area contributed by atoms with Crippen LogP contribution in [0.15, 0.2) is 73.3 Å². The molecule has 0 saturated carbocycles. The zero-order valence-electron chi connectivity index (χ0n) is 23.6. The lowest BCUT2D eigenvalue weighted by Gasteiger charge is -2.28. The van der Waals surface area contributed by atoms with Crippen molar-refractivity contribution in [2.24, 2.45) is 0 Å². The fraction of sp³-hybridized carbons (Fsp3) is 0.258. The van der Waals surface area contributed by atoms with E-state index in [-0.39, 0.29) is 36.3 Å². The lowest BCUT2D eigenvalue weighted by molar-refractivity contribution is -0.132. The van der Waals surface area contributed by atoms with Crippen molar-refractivity contribution in [2.45, 2.75) is 26.3 Å². The van der Waals surface area contributed by atoms with E-state index >= 15 is 0 Å². The van der Waals surface area contributed by atoms with Crippen LogP contribution in [-0.4, -0.2) is 61.3 Å². The largest absolute Gasteiger partial charge is 0.495 e. The number of benzene rings is 3. The molecule has 1 unspecified atom stereocenters. The molecule has 0 saturated heterocycles. The summed E-state index contributed by atoms with van der Waals surface area (Å²) in [5.41, 5.74) is 2.87. The van der Waals surface area contributed by atoms with E-state index in [1.165, 1.54) is 32.4 Å². The predicted molar refractivity (Wildman–Crippen MR) is 157 cm³/mol. The van der Waals surface area contributed by atoms with Crippen LogP contribution in [0, 0.1) is 6.92 Å². The Bertz CT molecular complexity index is 1410. The first-order valence-corrected chi connectivity index (χ1v) is 12.9. The maximum atomic E-state index is 13.3. The van der Waals surface area contributed by atoms with Gasteiger partial charge in [0.2, 0.25) is 5.91 Å². The molecule has 3 rings (SSSR count). The first kappa shape index (κ1) is 30.6.